The quantitative estimate of drug-likeness (QED) is 0.454. The van der Waals surface area contributed by atoms with Crippen molar-refractivity contribution in [3.8, 4) is 0 Å². The number of sulfonamides is 1. The number of piperazine rings is 1. The molecule has 2 aromatic carbocycles. The lowest BCUT2D eigenvalue weighted by Crippen LogP contribution is -2.50. The molecule has 0 saturated carbocycles. The molecule has 1 atom stereocenters. The van der Waals surface area contributed by atoms with Crippen molar-refractivity contribution in [2.75, 3.05) is 50.8 Å². The van der Waals surface area contributed by atoms with E-state index in [4.69, 9.17) is 9.47 Å². The zero-order valence-corrected chi connectivity index (χ0v) is 25.7. The molecular formula is C30H40N4O8S. The Bertz CT molecular complexity index is 1370. The van der Waals surface area contributed by atoms with Gasteiger partial charge >= 0.3 is 12.2 Å². The molecule has 2 fully saturated rings. The number of aliphatic hydroxyl groups excluding tert-OH is 1. The molecule has 43 heavy (non-hydrogen) atoms. The standard InChI is InChI=1S/C30H40N4O8S/c1-30(2,3)42-29(38)33(14-7-19-35)25-20-27(36)34(21-25)24-10-12-26(13-11-24)43(39,40)32-17-15-31(16-18-32)28(37)41-22-23-8-5-4-6-9-23/h4-6,8-13,25,35H,7,14-22H2,1-3H3. The van der Waals surface area contributed by atoms with Gasteiger partial charge in [0.1, 0.15) is 12.2 Å². The van der Waals surface area contributed by atoms with Crippen LogP contribution in [0.3, 0.4) is 0 Å². The van der Waals surface area contributed by atoms with Crippen molar-refractivity contribution < 1.29 is 37.4 Å². The van der Waals surface area contributed by atoms with E-state index in [1.807, 2.05) is 30.3 Å². The van der Waals surface area contributed by atoms with E-state index in [0.717, 1.165) is 5.56 Å². The van der Waals surface area contributed by atoms with E-state index in [-0.39, 0.29) is 69.7 Å². The Hall–Kier alpha value is -3.68. The average molecular weight is 617 g/mol. The number of amides is 3. The smallest absolute Gasteiger partial charge is 0.410 e. The van der Waals surface area contributed by atoms with Gasteiger partial charge in [-0.05, 0) is 57.0 Å². The van der Waals surface area contributed by atoms with Crippen LogP contribution in [0.25, 0.3) is 0 Å². The molecule has 2 aliphatic rings. The van der Waals surface area contributed by atoms with Crippen LogP contribution in [0.15, 0.2) is 59.5 Å². The normalized spacial score (nSPS) is 18.0. The van der Waals surface area contributed by atoms with Crippen molar-refractivity contribution in [2.45, 2.75) is 56.8 Å². The van der Waals surface area contributed by atoms with E-state index in [1.54, 1.807) is 32.9 Å². The minimum atomic E-state index is -3.83. The summed E-state index contributed by atoms with van der Waals surface area (Å²) in [6, 6.07) is 15.0. The molecule has 1 N–H and O–H groups in total. The Balaban J connectivity index is 1.35. The molecule has 0 spiro atoms. The number of carbonyl (C=O) groups is 3. The Morgan fingerprint density at radius 1 is 1.00 bits per heavy atom. The second-order valence-electron chi connectivity index (χ2n) is 11.5. The summed E-state index contributed by atoms with van der Waals surface area (Å²) in [5.41, 5.74) is 0.675. The van der Waals surface area contributed by atoms with Gasteiger partial charge in [-0.1, -0.05) is 30.3 Å². The van der Waals surface area contributed by atoms with Gasteiger partial charge in [0.25, 0.3) is 0 Å². The number of nitrogens with zero attached hydrogens (tertiary/aromatic N) is 4. The summed E-state index contributed by atoms with van der Waals surface area (Å²) in [6.07, 6.45) is -0.602. The molecule has 2 saturated heterocycles. The Labute approximate surface area is 252 Å². The number of rotatable bonds is 9. The van der Waals surface area contributed by atoms with Gasteiger partial charge in [-0.2, -0.15) is 4.31 Å². The largest absolute Gasteiger partial charge is 0.445 e. The zero-order chi connectivity index (χ0) is 31.2. The summed E-state index contributed by atoms with van der Waals surface area (Å²) in [4.78, 5) is 42.8. The van der Waals surface area contributed by atoms with Gasteiger partial charge in [-0.3, -0.25) is 4.79 Å². The van der Waals surface area contributed by atoms with Crippen LogP contribution in [0.2, 0.25) is 0 Å². The number of anilines is 1. The summed E-state index contributed by atoms with van der Waals surface area (Å²) in [7, 11) is -3.83. The summed E-state index contributed by atoms with van der Waals surface area (Å²) >= 11 is 0. The van der Waals surface area contributed by atoms with Crippen LogP contribution in [-0.2, 0) is 30.9 Å². The molecule has 0 aliphatic carbocycles. The van der Waals surface area contributed by atoms with Crippen molar-refractivity contribution in [3.05, 3.63) is 60.2 Å². The number of hydrogen-bond acceptors (Lipinski definition) is 8. The third kappa shape index (κ3) is 8.24. The summed E-state index contributed by atoms with van der Waals surface area (Å²) in [6.45, 7) is 6.46. The predicted molar refractivity (Wildman–Crippen MR) is 159 cm³/mol. The minimum absolute atomic E-state index is 0.0814. The molecule has 3 amide bonds. The van der Waals surface area contributed by atoms with Gasteiger partial charge in [-0.25, -0.2) is 18.0 Å². The number of ether oxygens (including phenoxy) is 2. The monoisotopic (exact) mass is 616 g/mol. The van der Waals surface area contributed by atoms with Gasteiger partial charge in [0, 0.05) is 58.0 Å². The molecule has 0 radical (unpaired) electrons. The molecule has 234 valence electrons. The number of carbonyl (C=O) groups excluding carboxylic acids is 3. The Kier molecular flexibility index (Phi) is 10.3. The SMILES string of the molecule is CC(C)(C)OC(=O)N(CCCO)C1CC(=O)N(c2ccc(S(=O)(=O)N3CCN(C(=O)OCc4ccccc4)CC3)cc2)C1. The minimum Gasteiger partial charge on any atom is -0.445 e. The molecule has 2 aliphatic heterocycles. The molecule has 2 aromatic rings. The topological polar surface area (TPSA) is 137 Å². The van der Waals surface area contributed by atoms with Crippen molar-refractivity contribution in [3.63, 3.8) is 0 Å². The fraction of sp³-hybridized carbons (Fsp3) is 0.500. The molecule has 1 unspecified atom stereocenters. The van der Waals surface area contributed by atoms with Crippen molar-refractivity contribution >= 4 is 33.8 Å². The van der Waals surface area contributed by atoms with Crippen LogP contribution < -0.4 is 4.90 Å². The summed E-state index contributed by atoms with van der Waals surface area (Å²) < 4.78 is 38.9. The van der Waals surface area contributed by atoms with Crippen LogP contribution >= 0.6 is 0 Å². The Morgan fingerprint density at radius 3 is 2.26 bits per heavy atom. The third-order valence-electron chi connectivity index (χ3n) is 7.22. The highest BCUT2D eigenvalue weighted by molar-refractivity contribution is 7.89. The van der Waals surface area contributed by atoms with Crippen molar-refractivity contribution in [2.24, 2.45) is 0 Å². The highest BCUT2D eigenvalue weighted by Crippen LogP contribution is 2.28. The van der Waals surface area contributed by atoms with E-state index >= 15 is 0 Å². The first kappa shape index (κ1) is 32.2. The van der Waals surface area contributed by atoms with Gasteiger partial charge < -0.3 is 29.3 Å². The van der Waals surface area contributed by atoms with E-state index in [9.17, 15) is 27.9 Å². The van der Waals surface area contributed by atoms with Gasteiger partial charge in [0.05, 0.1) is 10.9 Å². The van der Waals surface area contributed by atoms with E-state index in [2.05, 4.69) is 0 Å². The molecule has 0 aromatic heterocycles. The van der Waals surface area contributed by atoms with Gasteiger partial charge in [0.15, 0.2) is 0 Å². The van der Waals surface area contributed by atoms with Crippen LogP contribution in [-0.4, -0.2) is 103 Å². The van der Waals surface area contributed by atoms with Crippen LogP contribution in [0.1, 0.15) is 39.2 Å². The first-order valence-electron chi connectivity index (χ1n) is 14.4. The van der Waals surface area contributed by atoms with Gasteiger partial charge in [-0.15, -0.1) is 0 Å². The Morgan fingerprint density at radius 2 is 1.65 bits per heavy atom. The molecule has 12 nitrogen and oxygen atoms in total. The molecule has 13 heteroatoms. The third-order valence-corrected chi connectivity index (χ3v) is 9.13. The van der Waals surface area contributed by atoms with Crippen LogP contribution in [0.5, 0.6) is 0 Å². The first-order chi connectivity index (χ1) is 20.4. The summed E-state index contributed by atoms with van der Waals surface area (Å²) in [5, 5.41) is 9.31. The van der Waals surface area contributed by atoms with Crippen molar-refractivity contribution in [1.29, 1.82) is 0 Å². The molecule has 2 heterocycles. The lowest BCUT2D eigenvalue weighted by Gasteiger charge is -2.33. The first-order valence-corrected chi connectivity index (χ1v) is 15.8. The highest BCUT2D eigenvalue weighted by Gasteiger charge is 2.38. The van der Waals surface area contributed by atoms with E-state index < -0.39 is 33.9 Å². The lowest BCUT2D eigenvalue weighted by molar-refractivity contribution is -0.117. The van der Waals surface area contributed by atoms with E-state index in [0.29, 0.717) is 12.1 Å². The number of aliphatic hydroxyl groups is 1. The molecule has 0 bridgehead atoms. The maximum absolute atomic E-state index is 13.3. The second-order valence-corrected chi connectivity index (χ2v) is 13.5. The van der Waals surface area contributed by atoms with E-state index in [1.165, 1.54) is 31.1 Å². The molecule has 4 rings (SSSR count). The highest BCUT2D eigenvalue weighted by atomic mass is 32.2. The molecular weight excluding hydrogens is 576 g/mol. The van der Waals surface area contributed by atoms with Crippen molar-refractivity contribution in [1.82, 2.24) is 14.1 Å². The summed E-state index contributed by atoms with van der Waals surface area (Å²) in [5.74, 6) is -0.201. The maximum Gasteiger partial charge on any atom is 0.410 e. The average Bonchev–Trinajstić information content (AvgIpc) is 3.36. The number of benzene rings is 2. The van der Waals surface area contributed by atoms with Gasteiger partial charge in [0.2, 0.25) is 15.9 Å². The fourth-order valence-electron chi connectivity index (χ4n) is 5.00. The predicted octanol–water partition coefficient (Wildman–Crippen LogP) is 3.05. The second kappa shape index (κ2) is 13.7. The number of hydrogen-bond donors (Lipinski definition) is 1. The van der Waals surface area contributed by atoms with Crippen LogP contribution in [0, 0.1) is 0 Å². The van der Waals surface area contributed by atoms with Crippen LogP contribution in [0.4, 0.5) is 15.3 Å². The zero-order valence-electron chi connectivity index (χ0n) is 24.8. The fourth-order valence-corrected chi connectivity index (χ4v) is 6.42. The maximum atomic E-state index is 13.3. The lowest BCUT2D eigenvalue weighted by atomic mass is 10.2.